The molecule has 3 rings (SSSR count). The number of anilines is 2. The van der Waals surface area contributed by atoms with Crippen LogP contribution in [0.5, 0.6) is 0 Å². The van der Waals surface area contributed by atoms with Crippen LogP contribution in [0.25, 0.3) is 6.08 Å². The maximum atomic E-state index is 13.1. The van der Waals surface area contributed by atoms with Gasteiger partial charge in [0.2, 0.25) is 5.88 Å². The molecule has 0 saturated carbocycles. The molecule has 1 aromatic heterocycles. The summed E-state index contributed by atoms with van der Waals surface area (Å²) < 4.78 is 6.44. The Balaban J connectivity index is 2.04. The predicted octanol–water partition coefficient (Wildman–Crippen LogP) is 3.50. The highest BCUT2D eigenvalue weighted by atomic mass is 79.9. The number of halogens is 1. The second kappa shape index (κ2) is 7.66. The zero-order valence-electron chi connectivity index (χ0n) is 15.1. The topological polar surface area (TPSA) is 65.8 Å². The number of nitrogens with one attached hydrogen (secondary N) is 1. The van der Waals surface area contributed by atoms with E-state index in [0.717, 1.165) is 16.5 Å². The van der Waals surface area contributed by atoms with E-state index in [1.165, 1.54) is 11.0 Å². The maximum Gasteiger partial charge on any atom is 0.270 e. The van der Waals surface area contributed by atoms with E-state index in [-0.39, 0.29) is 10.7 Å². The van der Waals surface area contributed by atoms with Crippen molar-refractivity contribution in [3.63, 3.8) is 0 Å². The number of rotatable bonds is 4. The van der Waals surface area contributed by atoms with Crippen molar-refractivity contribution in [3.8, 4) is 0 Å². The zero-order valence-corrected chi connectivity index (χ0v) is 17.5. The number of nitrogens with zero attached hydrogens (tertiary/aromatic N) is 2. The Kier molecular flexibility index (Phi) is 5.48. The number of aryl methyl sites for hydroxylation is 1. The van der Waals surface area contributed by atoms with Crippen LogP contribution in [0, 0.1) is 0 Å². The molecule has 27 heavy (non-hydrogen) atoms. The first-order chi connectivity index (χ1) is 12.8. The van der Waals surface area contributed by atoms with Gasteiger partial charge in [0, 0.05) is 20.2 Å². The molecule has 1 saturated heterocycles. The molecule has 1 aliphatic heterocycles. The van der Waals surface area contributed by atoms with Gasteiger partial charge >= 0.3 is 0 Å². The minimum Gasteiger partial charge on any atom is -0.440 e. The number of furan rings is 1. The van der Waals surface area contributed by atoms with Crippen molar-refractivity contribution in [2.45, 2.75) is 13.3 Å². The predicted molar refractivity (Wildman–Crippen MR) is 113 cm³/mol. The van der Waals surface area contributed by atoms with Gasteiger partial charge in [0.25, 0.3) is 11.8 Å². The number of thiocarbonyl (C=S) groups is 1. The lowest BCUT2D eigenvalue weighted by Crippen LogP contribution is -2.54. The summed E-state index contributed by atoms with van der Waals surface area (Å²) >= 11 is 8.66. The molecule has 6 nitrogen and oxygen atoms in total. The van der Waals surface area contributed by atoms with Crippen molar-refractivity contribution in [1.29, 1.82) is 0 Å². The van der Waals surface area contributed by atoms with Crippen LogP contribution in [0.3, 0.4) is 0 Å². The summed E-state index contributed by atoms with van der Waals surface area (Å²) in [4.78, 5) is 28.6. The van der Waals surface area contributed by atoms with Gasteiger partial charge in [-0.05, 0) is 52.3 Å². The number of hydrogen-bond donors (Lipinski definition) is 1. The van der Waals surface area contributed by atoms with Crippen molar-refractivity contribution in [1.82, 2.24) is 5.32 Å². The van der Waals surface area contributed by atoms with Crippen molar-refractivity contribution in [2.24, 2.45) is 0 Å². The van der Waals surface area contributed by atoms with Crippen molar-refractivity contribution in [2.75, 3.05) is 23.9 Å². The largest absolute Gasteiger partial charge is 0.440 e. The summed E-state index contributed by atoms with van der Waals surface area (Å²) in [5.74, 6) is -0.0485. The van der Waals surface area contributed by atoms with Crippen LogP contribution in [0.4, 0.5) is 11.6 Å². The van der Waals surface area contributed by atoms with Gasteiger partial charge in [0.1, 0.15) is 11.3 Å². The zero-order chi connectivity index (χ0) is 19.7. The first-order valence-corrected chi connectivity index (χ1v) is 9.49. The first-order valence-electron chi connectivity index (χ1n) is 8.29. The molecule has 2 amide bonds. The molecular weight excluding hydrogens is 430 g/mol. The van der Waals surface area contributed by atoms with E-state index in [2.05, 4.69) is 21.2 Å². The highest BCUT2D eigenvalue weighted by Gasteiger charge is 2.35. The fourth-order valence-electron chi connectivity index (χ4n) is 2.80. The fraction of sp³-hybridized carbons (Fsp3) is 0.211. The summed E-state index contributed by atoms with van der Waals surface area (Å²) in [5.41, 5.74) is 1.58. The first kappa shape index (κ1) is 19.3. The average molecular weight is 448 g/mol. The Morgan fingerprint density at radius 2 is 2.00 bits per heavy atom. The summed E-state index contributed by atoms with van der Waals surface area (Å²) in [6.07, 6.45) is 2.16. The summed E-state index contributed by atoms with van der Waals surface area (Å²) in [6.45, 7) is 1.99. The molecule has 1 N–H and O–H groups in total. The van der Waals surface area contributed by atoms with Gasteiger partial charge in [0.15, 0.2) is 5.11 Å². The Morgan fingerprint density at radius 3 is 2.63 bits per heavy atom. The van der Waals surface area contributed by atoms with Crippen LogP contribution < -0.4 is 15.1 Å². The van der Waals surface area contributed by atoms with Gasteiger partial charge in [-0.1, -0.05) is 25.1 Å². The third-order valence-electron chi connectivity index (χ3n) is 4.10. The van der Waals surface area contributed by atoms with E-state index in [1.807, 2.05) is 45.3 Å². The number of benzene rings is 1. The Bertz CT molecular complexity index is 965. The molecule has 1 aliphatic rings. The summed E-state index contributed by atoms with van der Waals surface area (Å²) in [7, 11) is 3.67. The van der Waals surface area contributed by atoms with Crippen LogP contribution in [0.2, 0.25) is 0 Å². The highest BCUT2D eigenvalue weighted by molar-refractivity contribution is 9.10. The van der Waals surface area contributed by atoms with Crippen LogP contribution >= 0.6 is 28.1 Å². The number of hydrogen-bond acceptors (Lipinski definition) is 5. The lowest BCUT2D eigenvalue weighted by Gasteiger charge is -2.30. The molecule has 0 radical (unpaired) electrons. The standard InChI is InChI=1S/C19H18BrN3O3S/c1-4-11-7-5-6-8-15(11)23-17(25)13(16(24)21-19(23)27)9-12-10-14(20)18(26-12)22(2)3/h5-10H,4H2,1-3H3,(H,21,24,27)/b13-9+. The quantitative estimate of drug-likeness (QED) is 0.441. The summed E-state index contributed by atoms with van der Waals surface area (Å²) in [6, 6.07) is 9.18. The van der Waals surface area contributed by atoms with Gasteiger partial charge in [-0.15, -0.1) is 0 Å². The van der Waals surface area contributed by atoms with E-state index in [0.29, 0.717) is 17.3 Å². The van der Waals surface area contributed by atoms with Gasteiger partial charge in [-0.2, -0.15) is 0 Å². The monoisotopic (exact) mass is 447 g/mol. The molecule has 1 aromatic carbocycles. The Hall–Kier alpha value is -2.45. The normalized spacial score (nSPS) is 16.1. The minimum absolute atomic E-state index is 0.0407. The average Bonchev–Trinajstić information content (AvgIpc) is 2.99. The third kappa shape index (κ3) is 3.68. The number of carbonyl (C=O) groups excluding carboxylic acids is 2. The van der Waals surface area contributed by atoms with Crippen molar-refractivity contribution < 1.29 is 14.0 Å². The molecule has 0 aliphatic carbocycles. The van der Waals surface area contributed by atoms with Crippen LogP contribution in [-0.2, 0) is 16.0 Å². The van der Waals surface area contributed by atoms with E-state index in [4.69, 9.17) is 16.6 Å². The molecule has 0 spiro atoms. The lowest BCUT2D eigenvalue weighted by molar-refractivity contribution is -0.122. The van der Waals surface area contributed by atoms with Crippen molar-refractivity contribution in [3.05, 3.63) is 51.7 Å². The van der Waals surface area contributed by atoms with Crippen molar-refractivity contribution >= 4 is 62.7 Å². The molecule has 0 atom stereocenters. The molecule has 2 heterocycles. The van der Waals surface area contributed by atoms with Crippen LogP contribution in [-0.4, -0.2) is 31.0 Å². The molecule has 0 unspecified atom stereocenters. The fourth-order valence-corrected chi connectivity index (χ4v) is 3.73. The minimum atomic E-state index is -0.547. The van der Waals surface area contributed by atoms with E-state index < -0.39 is 11.8 Å². The number of amides is 2. The molecule has 140 valence electrons. The molecule has 8 heteroatoms. The third-order valence-corrected chi connectivity index (χ3v) is 4.95. The summed E-state index contributed by atoms with van der Waals surface area (Å²) in [5, 5.41) is 2.66. The molecule has 1 fully saturated rings. The Labute approximate surface area is 170 Å². The van der Waals surface area contributed by atoms with Gasteiger partial charge in [0.05, 0.1) is 10.2 Å². The van der Waals surface area contributed by atoms with Crippen LogP contribution in [0.15, 0.2) is 44.8 Å². The maximum absolute atomic E-state index is 13.1. The highest BCUT2D eigenvalue weighted by Crippen LogP contribution is 2.31. The SMILES string of the molecule is CCc1ccccc1N1C(=O)/C(=C/c2cc(Br)c(N(C)C)o2)C(=O)NC1=S. The van der Waals surface area contributed by atoms with E-state index in [1.54, 1.807) is 11.0 Å². The van der Waals surface area contributed by atoms with E-state index in [9.17, 15) is 9.59 Å². The number of carbonyl (C=O) groups is 2. The molecular formula is C19H18BrN3O3S. The molecule has 2 aromatic rings. The van der Waals surface area contributed by atoms with E-state index >= 15 is 0 Å². The second-order valence-corrected chi connectivity index (χ2v) is 7.38. The van der Waals surface area contributed by atoms with Gasteiger partial charge < -0.3 is 9.32 Å². The van der Waals surface area contributed by atoms with Gasteiger partial charge in [-0.25, -0.2) is 0 Å². The second-order valence-electron chi connectivity index (χ2n) is 6.14. The van der Waals surface area contributed by atoms with Gasteiger partial charge in [-0.3, -0.25) is 19.8 Å². The number of para-hydroxylation sites is 1. The lowest BCUT2D eigenvalue weighted by atomic mass is 10.1. The Morgan fingerprint density at radius 1 is 1.30 bits per heavy atom. The van der Waals surface area contributed by atoms with Crippen LogP contribution in [0.1, 0.15) is 18.2 Å². The molecule has 0 bridgehead atoms. The smallest absolute Gasteiger partial charge is 0.270 e.